The van der Waals surface area contributed by atoms with Gasteiger partial charge in [-0.2, -0.15) is 0 Å². The quantitative estimate of drug-likeness (QED) is 0.175. The summed E-state index contributed by atoms with van der Waals surface area (Å²) >= 11 is 1.03. The van der Waals surface area contributed by atoms with E-state index < -0.39 is 53.6 Å². The second-order valence-electron chi connectivity index (χ2n) is 7.18. The molecule has 0 saturated heterocycles. The number of thioether (sulfide) groups is 1. The fourth-order valence-electron chi connectivity index (χ4n) is 2.83. The summed E-state index contributed by atoms with van der Waals surface area (Å²) in [7, 11) is 0. The number of nitrogens with zero attached hydrogens (tertiary/aromatic N) is 3. The summed E-state index contributed by atoms with van der Waals surface area (Å²) < 4.78 is 60.3. The first-order valence-electron chi connectivity index (χ1n) is 9.77. The molecule has 0 aliphatic carbocycles. The number of aliphatic hydroxyl groups excluding tert-OH is 3. The summed E-state index contributed by atoms with van der Waals surface area (Å²) in [5.41, 5.74) is -1.02. The number of aromatic nitrogens is 3. The maximum Gasteiger partial charge on any atom is 0.194 e. The van der Waals surface area contributed by atoms with Gasteiger partial charge in [-0.3, -0.25) is 0 Å². The highest BCUT2D eigenvalue weighted by Crippen LogP contribution is 2.29. The van der Waals surface area contributed by atoms with E-state index in [-0.39, 0.29) is 17.8 Å². The fourth-order valence-corrected chi connectivity index (χ4v) is 3.83. The Labute approximate surface area is 190 Å². The van der Waals surface area contributed by atoms with Gasteiger partial charge >= 0.3 is 0 Å². The van der Waals surface area contributed by atoms with Gasteiger partial charge in [0.1, 0.15) is 29.2 Å². The molecule has 33 heavy (non-hydrogen) atoms. The van der Waals surface area contributed by atoms with Crippen LogP contribution in [0.15, 0.2) is 47.5 Å². The first-order chi connectivity index (χ1) is 15.7. The summed E-state index contributed by atoms with van der Waals surface area (Å²) in [5.74, 6) is -4.80. The molecule has 3 N–H and O–H groups in total. The van der Waals surface area contributed by atoms with Crippen LogP contribution in [0.4, 0.5) is 17.6 Å². The zero-order chi connectivity index (χ0) is 24.1. The van der Waals surface area contributed by atoms with Gasteiger partial charge in [-0.25, -0.2) is 22.2 Å². The van der Waals surface area contributed by atoms with E-state index in [1.807, 2.05) is 0 Å². The molecule has 2 unspecified atom stereocenters. The third-order valence-electron chi connectivity index (χ3n) is 4.60. The van der Waals surface area contributed by atoms with E-state index in [1.165, 1.54) is 42.1 Å². The van der Waals surface area contributed by atoms with E-state index >= 15 is 0 Å². The molecule has 0 saturated carbocycles. The van der Waals surface area contributed by atoms with Gasteiger partial charge in [-0.1, -0.05) is 17.0 Å². The van der Waals surface area contributed by atoms with Gasteiger partial charge in [-0.05, 0) is 43.3 Å². The minimum absolute atomic E-state index is 0.0425. The van der Waals surface area contributed by atoms with Crippen molar-refractivity contribution in [3.8, 4) is 11.3 Å². The molecule has 2 aromatic carbocycles. The van der Waals surface area contributed by atoms with Crippen molar-refractivity contribution >= 4 is 11.8 Å². The van der Waals surface area contributed by atoms with Crippen molar-refractivity contribution in [3.63, 3.8) is 0 Å². The van der Waals surface area contributed by atoms with Gasteiger partial charge in [0.25, 0.3) is 0 Å². The molecule has 0 aliphatic rings. The Hall–Kier alpha value is -2.51. The monoisotopic (exact) mass is 487 g/mol. The van der Waals surface area contributed by atoms with E-state index in [2.05, 4.69) is 10.3 Å². The summed E-state index contributed by atoms with van der Waals surface area (Å²) in [4.78, 5) is 0.555. The standard InChI is InChI=1S/C21H21F4N3O4S/c1-11(30)19(10-29)32-21(33-14-4-2-13(22)3-5-14)18(31)9-28-8-17(26-27-28)12-6-15(23)20(25)16(24)7-12/h2-8,11,18-19,21,29-31H,9-10H2,1H3/t11-,18+,19?,21?/m1/s1. The number of hydrogen-bond donors (Lipinski definition) is 3. The number of benzene rings is 2. The third-order valence-corrected chi connectivity index (χ3v) is 5.80. The minimum Gasteiger partial charge on any atom is -0.394 e. The second kappa shape index (κ2) is 11.1. The summed E-state index contributed by atoms with van der Waals surface area (Å²) in [5, 5.41) is 37.6. The molecular weight excluding hydrogens is 466 g/mol. The molecular formula is C21H21F4N3O4S. The van der Waals surface area contributed by atoms with Gasteiger partial charge in [0, 0.05) is 10.5 Å². The lowest BCUT2D eigenvalue weighted by atomic mass is 10.1. The highest BCUT2D eigenvalue weighted by Gasteiger charge is 2.28. The Balaban J connectivity index is 1.78. The molecule has 0 amide bonds. The van der Waals surface area contributed by atoms with Crippen molar-refractivity contribution in [1.82, 2.24) is 15.0 Å². The molecule has 12 heteroatoms. The SMILES string of the molecule is C[C@@H](O)C(CO)OC(Sc1ccc(F)cc1)[C@@H](O)Cn1cc(-c2cc(F)c(F)c(F)c2)nn1. The zero-order valence-corrected chi connectivity index (χ0v) is 18.1. The Morgan fingerprint density at radius 2 is 1.70 bits per heavy atom. The van der Waals surface area contributed by atoms with Gasteiger partial charge < -0.3 is 20.1 Å². The smallest absolute Gasteiger partial charge is 0.194 e. The fraction of sp³-hybridized carbons (Fsp3) is 0.333. The molecule has 1 heterocycles. The molecule has 1 aromatic heterocycles. The van der Waals surface area contributed by atoms with Gasteiger partial charge in [0.05, 0.1) is 25.5 Å². The highest BCUT2D eigenvalue weighted by molar-refractivity contribution is 7.99. The zero-order valence-electron chi connectivity index (χ0n) is 17.3. The van der Waals surface area contributed by atoms with Crippen molar-refractivity contribution in [1.29, 1.82) is 0 Å². The van der Waals surface area contributed by atoms with Crippen LogP contribution in [0.5, 0.6) is 0 Å². The molecule has 4 atom stereocenters. The Bertz CT molecular complexity index is 1040. The summed E-state index contributed by atoms with van der Waals surface area (Å²) in [6, 6.07) is 6.96. The van der Waals surface area contributed by atoms with Crippen LogP contribution in [-0.2, 0) is 11.3 Å². The van der Waals surface area contributed by atoms with E-state index in [4.69, 9.17) is 4.74 Å². The molecule has 0 fully saturated rings. The average Bonchev–Trinajstić information content (AvgIpc) is 3.24. The number of ether oxygens (including phenoxy) is 1. The van der Waals surface area contributed by atoms with Crippen molar-refractivity contribution < 1.29 is 37.6 Å². The van der Waals surface area contributed by atoms with E-state index in [0.29, 0.717) is 4.90 Å². The van der Waals surface area contributed by atoms with Crippen molar-refractivity contribution in [2.45, 2.75) is 42.1 Å². The molecule has 0 radical (unpaired) electrons. The molecule has 7 nitrogen and oxygen atoms in total. The van der Waals surface area contributed by atoms with E-state index in [0.717, 1.165) is 23.9 Å². The molecule has 0 bridgehead atoms. The van der Waals surface area contributed by atoms with Gasteiger partial charge in [0.15, 0.2) is 17.5 Å². The van der Waals surface area contributed by atoms with E-state index in [1.54, 1.807) is 0 Å². The minimum atomic E-state index is -1.60. The molecule has 0 spiro atoms. The van der Waals surface area contributed by atoms with Crippen LogP contribution in [0.2, 0.25) is 0 Å². The number of halogens is 4. The van der Waals surface area contributed by atoms with Crippen LogP contribution < -0.4 is 0 Å². The van der Waals surface area contributed by atoms with Crippen molar-refractivity contribution in [3.05, 3.63) is 65.9 Å². The number of aliphatic hydroxyl groups is 3. The summed E-state index contributed by atoms with van der Waals surface area (Å²) in [6.45, 7) is 0.716. The van der Waals surface area contributed by atoms with Crippen LogP contribution in [0.1, 0.15) is 6.92 Å². The van der Waals surface area contributed by atoms with Crippen LogP contribution in [0, 0.1) is 23.3 Å². The van der Waals surface area contributed by atoms with Crippen molar-refractivity contribution in [2.75, 3.05) is 6.61 Å². The van der Waals surface area contributed by atoms with E-state index in [9.17, 15) is 32.9 Å². The average molecular weight is 487 g/mol. The second-order valence-corrected chi connectivity index (χ2v) is 8.36. The van der Waals surface area contributed by atoms with Crippen LogP contribution in [-0.4, -0.2) is 60.7 Å². The van der Waals surface area contributed by atoms with Crippen LogP contribution in [0.25, 0.3) is 11.3 Å². The van der Waals surface area contributed by atoms with Crippen LogP contribution >= 0.6 is 11.8 Å². The third kappa shape index (κ3) is 6.51. The van der Waals surface area contributed by atoms with Crippen LogP contribution in [0.3, 0.4) is 0 Å². The Morgan fingerprint density at radius 3 is 2.27 bits per heavy atom. The van der Waals surface area contributed by atoms with Crippen molar-refractivity contribution in [2.24, 2.45) is 0 Å². The molecule has 0 aliphatic heterocycles. The first-order valence-corrected chi connectivity index (χ1v) is 10.7. The maximum atomic E-state index is 13.5. The lowest BCUT2D eigenvalue weighted by Gasteiger charge is -2.28. The molecule has 178 valence electrons. The molecule has 3 rings (SSSR count). The number of hydrogen-bond acceptors (Lipinski definition) is 7. The largest absolute Gasteiger partial charge is 0.394 e. The highest BCUT2D eigenvalue weighted by atomic mass is 32.2. The predicted octanol–water partition coefficient (Wildman–Crippen LogP) is 2.74. The predicted molar refractivity (Wildman–Crippen MR) is 111 cm³/mol. The van der Waals surface area contributed by atoms with Gasteiger partial charge in [0.2, 0.25) is 0 Å². The Morgan fingerprint density at radius 1 is 1.06 bits per heavy atom. The first kappa shape index (κ1) is 25.1. The lowest BCUT2D eigenvalue weighted by Crippen LogP contribution is -2.39. The van der Waals surface area contributed by atoms with Gasteiger partial charge in [-0.15, -0.1) is 5.10 Å². The molecule has 3 aromatic rings. The Kier molecular flexibility index (Phi) is 8.43. The lowest BCUT2D eigenvalue weighted by molar-refractivity contribution is -0.0972. The summed E-state index contributed by atoms with van der Waals surface area (Å²) in [6.07, 6.45) is -2.01. The normalized spacial score (nSPS) is 15.3. The topological polar surface area (TPSA) is 101 Å². The maximum absolute atomic E-state index is 13.5. The number of rotatable bonds is 10.